The Bertz CT molecular complexity index is 812. The maximum absolute atomic E-state index is 12.9. The van der Waals surface area contributed by atoms with Gasteiger partial charge in [0, 0.05) is 6.42 Å². The molecule has 1 aliphatic heterocycles. The minimum absolute atomic E-state index is 0.176. The second-order valence-corrected chi connectivity index (χ2v) is 15.1. The molecule has 1 aliphatic rings. The van der Waals surface area contributed by atoms with E-state index >= 15 is 0 Å². The molecule has 0 spiro atoms. The summed E-state index contributed by atoms with van der Waals surface area (Å²) in [5, 5.41) is 54.0. The van der Waals surface area contributed by atoms with Crippen molar-refractivity contribution in [3.8, 4) is 0 Å². The molecule has 6 N–H and O–H groups in total. The lowest BCUT2D eigenvalue weighted by Crippen LogP contribution is -2.60. The van der Waals surface area contributed by atoms with Crippen LogP contribution in [0.2, 0.25) is 0 Å². The minimum atomic E-state index is -1.56. The zero-order chi connectivity index (χ0) is 37.4. The fourth-order valence-corrected chi connectivity index (χ4v) is 6.86. The van der Waals surface area contributed by atoms with Gasteiger partial charge in [-0.05, 0) is 19.3 Å². The van der Waals surface area contributed by atoms with Gasteiger partial charge in [-0.15, -0.1) is 0 Å². The van der Waals surface area contributed by atoms with Crippen LogP contribution in [-0.2, 0) is 14.3 Å². The van der Waals surface area contributed by atoms with Gasteiger partial charge in [0.15, 0.2) is 6.29 Å². The number of amides is 1. The van der Waals surface area contributed by atoms with Crippen molar-refractivity contribution in [2.75, 3.05) is 13.2 Å². The maximum Gasteiger partial charge on any atom is 0.220 e. The molecule has 1 rings (SSSR count). The van der Waals surface area contributed by atoms with Crippen LogP contribution in [0.15, 0.2) is 12.2 Å². The Labute approximate surface area is 312 Å². The number of allylic oxidation sites excluding steroid dienone is 1. The molecule has 9 heteroatoms. The van der Waals surface area contributed by atoms with Gasteiger partial charge in [0.1, 0.15) is 24.4 Å². The molecule has 302 valence electrons. The molecule has 1 saturated heterocycles. The Balaban J connectivity index is 2.39. The van der Waals surface area contributed by atoms with Gasteiger partial charge >= 0.3 is 0 Å². The molecule has 0 aliphatic carbocycles. The predicted octanol–water partition coefficient (Wildman–Crippen LogP) is 8.17. The van der Waals surface area contributed by atoms with Gasteiger partial charge in [-0.3, -0.25) is 4.79 Å². The third-order valence-electron chi connectivity index (χ3n) is 10.4. The Morgan fingerprint density at radius 3 is 1.53 bits per heavy atom. The second-order valence-electron chi connectivity index (χ2n) is 15.1. The van der Waals surface area contributed by atoms with Crippen molar-refractivity contribution < 1.29 is 39.8 Å². The minimum Gasteiger partial charge on any atom is -0.394 e. The van der Waals surface area contributed by atoms with Crippen LogP contribution in [0.1, 0.15) is 194 Å². The van der Waals surface area contributed by atoms with Crippen LogP contribution in [0.25, 0.3) is 0 Å². The van der Waals surface area contributed by atoms with Gasteiger partial charge in [0.05, 0.1) is 25.4 Å². The molecule has 1 fully saturated rings. The first-order chi connectivity index (χ1) is 24.8. The SMILES string of the molecule is CCCCCCCCCCCCCC=CC(O)C(COC1OC(CO)C(O)C(O)C1O)NC(=O)CCCCCCCCCCCCCCCCC. The van der Waals surface area contributed by atoms with E-state index in [0.717, 1.165) is 38.5 Å². The van der Waals surface area contributed by atoms with Gasteiger partial charge in [0.2, 0.25) is 5.91 Å². The third-order valence-corrected chi connectivity index (χ3v) is 10.4. The van der Waals surface area contributed by atoms with E-state index in [1.807, 2.05) is 6.08 Å². The molecule has 51 heavy (non-hydrogen) atoms. The first-order valence-electron chi connectivity index (χ1n) is 21.4. The van der Waals surface area contributed by atoms with E-state index in [4.69, 9.17) is 9.47 Å². The number of ether oxygens (including phenoxy) is 2. The van der Waals surface area contributed by atoms with E-state index in [9.17, 15) is 30.3 Å². The average Bonchev–Trinajstić information content (AvgIpc) is 3.13. The van der Waals surface area contributed by atoms with Crippen LogP contribution in [0.3, 0.4) is 0 Å². The first-order valence-corrected chi connectivity index (χ1v) is 21.4. The highest BCUT2D eigenvalue weighted by molar-refractivity contribution is 5.76. The van der Waals surface area contributed by atoms with E-state index < -0.39 is 49.5 Å². The first kappa shape index (κ1) is 48.0. The third kappa shape index (κ3) is 24.8. The normalized spacial score (nSPS) is 22.1. The van der Waals surface area contributed by atoms with Crippen molar-refractivity contribution in [3.05, 3.63) is 12.2 Å². The number of hydrogen-bond acceptors (Lipinski definition) is 8. The molecule has 1 heterocycles. The van der Waals surface area contributed by atoms with E-state index in [-0.39, 0.29) is 12.5 Å². The van der Waals surface area contributed by atoms with Gasteiger partial charge < -0.3 is 40.3 Å². The summed E-state index contributed by atoms with van der Waals surface area (Å²) in [6, 6.07) is -0.796. The quantitative estimate of drug-likeness (QED) is 0.0283. The number of carbonyl (C=O) groups excluding carboxylic acids is 1. The van der Waals surface area contributed by atoms with Crippen LogP contribution in [0.5, 0.6) is 0 Å². The van der Waals surface area contributed by atoms with Gasteiger partial charge in [-0.25, -0.2) is 0 Å². The molecule has 9 nitrogen and oxygen atoms in total. The monoisotopic (exact) mass is 728 g/mol. The van der Waals surface area contributed by atoms with Crippen LogP contribution in [0.4, 0.5) is 0 Å². The Hall–Kier alpha value is -1.07. The van der Waals surface area contributed by atoms with Crippen LogP contribution in [0, 0.1) is 0 Å². The van der Waals surface area contributed by atoms with Gasteiger partial charge in [-0.2, -0.15) is 0 Å². The number of aliphatic hydroxyl groups is 5. The smallest absolute Gasteiger partial charge is 0.220 e. The molecule has 0 bridgehead atoms. The highest BCUT2D eigenvalue weighted by Crippen LogP contribution is 2.22. The van der Waals surface area contributed by atoms with Crippen molar-refractivity contribution in [1.29, 1.82) is 0 Å². The van der Waals surface area contributed by atoms with Crippen molar-refractivity contribution >= 4 is 5.91 Å². The second kappa shape index (κ2) is 33.5. The number of rotatable bonds is 35. The summed E-state index contributed by atoms with van der Waals surface area (Å²) in [5.74, 6) is -0.176. The van der Waals surface area contributed by atoms with E-state index in [0.29, 0.717) is 6.42 Å². The molecule has 0 aromatic heterocycles. The summed E-state index contributed by atoms with van der Waals surface area (Å²) in [6.45, 7) is 3.76. The number of carbonyl (C=O) groups is 1. The molecule has 0 aromatic carbocycles. The van der Waals surface area contributed by atoms with Crippen molar-refractivity contribution in [2.45, 2.75) is 236 Å². The molecular formula is C42H81NO8. The number of nitrogens with one attached hydrogen (secondary N) is 1. The predicted molar refractivity (Wildman–Crippen MR) is 207 cm³/mol. The van der Waals surface area contributed by atoms with Crippen LogP contribution < -0.4 is 5.32 Å². The Morgan fingerprint density at radius 1 is 0.647 bits per heavy atom. The van der Waals surface area contributed by atoms with Crippen LogP contribution in [-0.4, -0.2) is 87.5 Å². The van der Waals surface area contributed by atoms with Crippen molar-refractivity contribution in [3.63, 3.8) is 0 Å². The molecular weight excluding hydrogens is 646 g/mol. The summed E-state index contributed by atoms with van der Waals surface area (Å²) >= 11 is 0. The zero-order valence-electron chi connectivity index (χ0n) is 32.9. The summed E-state index contributed by atoms with van der Waals surface area (Å²) in [5.41, 5.74) is 0. The summed E-state index contributed by atoms with van der Waals surface area (Å²) in [4.78, 5) is 12.9. The topological polar surface area (TPSA) is 149 Å². The van der Waals surface area contributed by atoms with Crippen molar-refractivity contribution in [1.82, 2.24) is 5.32 Å². The lowest BCUT2D eigenvalue weighted by atomic mass is 9.99. The summed E-state index contributed by atoms with van der Waals surface area (Å²) in [7, 11) is 0. The van der Waals surface area contributed by atoms with E-state index in [2.05, 4.69) is 19.2 Å². The highest BCUT2D eigenvalue weighted by Gasteiger charge is 2.44. The number of unbranched alkanes of at least 4 members (excludes halogenated alkanes) is 25. The largest absolute Gasteiger partial charge is 0.394 e. The molecule has 0 saturated carbocycles. The lowest BCUT2D eigenvalue weighted by Gasteiger charge is -2.40. The maximum atomic E-state index is 12.9. The number of hydrogen-bond donors (Lipinski definition) is 6. The van der Waals surface area contributed by atoms with Crippen molar-refractivity contribution in [2.24, 2.45) is 0 Å². The number of aliphatic hydroxyl groups excluding tert-OH is 5. The average molecular weight is 728 g/mol. The fourth-order valence-electron chi connectivity index (χ4n) is 6.86. The Morgan fingerprint density at radius 2 is 1.08 bits per heavy atom. The summed E-state index contributed by atoms with van der Waals surface area (Å²) in [6.07, 6.45) is 29.6. The van der Waals surface area contributed by atoms with Gasteiger partial charge in [0.25, 0.3) is 0 Å². The Kier molecular flexibility index (Phi) is 31.5. The molecule has 0 radical (unpaired) electrons. The summed E-state index contributed by atoms with van der Waals surface area (Å²) < 4.78 is 11.2. The molecule has 1 amide bonds. The zero-order valence-corrected chi connectivity index (χ0v) is 32.9. The standard InChI is InChI=1S/C42H81NO8/c1-3-5-7-9-11-13-15-17-18-20-22-24-26-28-30-32-38(46)43-35(34-50-42-41(49)40(48)39(47)37(33-44)51-42)36(45)31-29-27-25-23-21-19-16-14-12-10-8-6-4-2/h29,31,35-37,39-42,44-45,47-49H,3-28,30,32-34H2,1-2H3,(H,43,46). The fraction of sp³-hybridized carbons (Fsp3) is 0.929. The molecule has 7 unspecified atom stereocenters. The van der Waals surface area contributed by atoms with E-state index in [1.54, 1.807) is 6.08 Å². The molecule has 7 atom stereocenters. The lowest BCUT2D eigenvalue weighted by molar-refractivity contribution is -0.302. The van der Waals surface area contributed by atoms with Gasteiger partial charge in [-0.1, -0.05) is 180 Å². The molecule has 0 aromatic rings. The van der Waals surface area contributed by atoms with E-state index in [1.165, 1.54) is 135 Å². The highest BCUT2D eigenvalue weighted by atomic mass is 16.7. The van der Waals surface area contributed by atoms with Crippen LogP contribution >= 0.6 is 0 Å².